The Morgan fingerprint density at radius 3 is 2.05 bits per heavy atom. The number of anilines is 1. The zero-order valence-electron chi connectivity index (χ0n) is 10.2. The number of nitrogen functional groups attached to an aromatic ring is 1. The minimum absolute atomic E-state index is 0.193. The van der Waals surface area contributed by atoms with Crippen LogP contribution in [0, 0.1) is 0 Å². The fourth-order valence-corrected chi connectivity index (χ4v) is 1.78. The average Bonchev–Trinajstić information content (AvgIpc) is 2.38. The van der Waals surface area contributed by atoms with Crippen LogP contribution in [-0.4, -0.2) is 7.11 Å². The number of alkyl halides is 3. The molecule has 0 radical (unpaired) electrons. The molecule has 2 rings (SSSR count). The van der Waals surface area contributed by atoms with Gasteiger partial charge in [0.05, 0.1) is 12.7 Å². The Balaban J connectivity index is 2.47. The number of hydrogen-bond donors (Lipinski definition) is 1. The van der Waals surface area contributed by atoms with Gasteiger partial charge < -0.3 is 10.5 Å². The van der Waals surface area contributed by atoms with E-state index >= 15 is 0 Å². The van der Waals surface area contributed by atoms with Crippen LogP contribution < -0.4 is 10.5 Å². The van der Waals surface area contributed by atoms with Crippen molar-refractivity contribution in [2.45, 2.75) is 6.18 Å². The van der Waals surface area contributed by atoms with Gasteiger partial charge in [-0.25, -0.2) is 0 Å². The van der Waals surface area contributed by atoms with Crippen LogP contribution in [0.15, 0.2) is 42.5 Å². The van der Waals surface area contributed by atoms with Crippen LogP contribution in [0.2, 0.25) is 0 Å². The number of hydrogen-bond acceptors (Lipinski definition) is 2. The SMILES string of the molecule is COc1cc(-c2ccc(N)cc2)ccc1C(F)(F)F. The first-order valence-corrected chi connectivity index (χ1v) is 5.53. The van der Waals surface area contributed by atoms with Gasteiger partial charge in [0.1, 0.15) is 5.75 Å². The normalized spacial score (nSPS) is 11.4. The summed E-state index contributed by atoms with van der Waals surface area (Å²) in [5, 5.41) is 0. The second kappa shape index (κ2) is 4.84. The summed E-state index contributed by atoms with van der Waals surface area (Å²) < 4.78 is 43.0. The first-order valence-electron chi connectivity index (χ1n) is 5.53. The summed E-state index contributed by atoms with van der Waals surface area (Å²) in [6.45, 7) is 0. The number of benzene rings is 2. The van der Waals surface area contributed by atoms with Gasteiger partial charge in [0.15, 0.2) is 0 Å². The van der Waals surface area contributed by atoms with Gasteiger partial charge in [-0.05, 0) is 35.4 Å². The van der Waals surface area contributed by atoms with Crippen molar-refractivity contribution < 1.29 is 17.9 Å². The molecule has 2 nitrogen and oxygen atoms in total. The van der Waals surface area contributed by atoms with Crippen LogP contribution in [0.1, 0.15) is 5.56 Å². The van der Waals surface area contributed by atoms with Gasteiger partial charge in [-0.15, -0.1) is 0 Å². The van der Waals surface area contributed by atoms with Crippen molar-refractivity contribution in [3.8, 4) is 16.9 Å². The summed E-state index contributed by atoms with van der Waals surface area (Å²) in [6.07, 6.45) is -4.43. The van der Waals surface area contributed by atoms with Crippen molar-refractivity contribution in [1.82, 2.24) is 0 Å². The Labute approximate surface area is 108 Å². The second-order valence-corrected chi connectivity index (χ2v) is 4.03. The highest BCUT2D eigenvalue weighted by atomic mass is 19.4. The second-order valence-electron chi connectivity index (χ2n) is 4.03. The quantitative estimate of drug-likeness (QED) is 0.836. The number of rotatable bonds is 2. The maximum atomic E-state index is 12.7. The number of nitrogens with two attached hydrogens (primary N) is 1. The molecule has 5 heteroatoms. The molecule has 0 aromatic heterocycles. The van der Waals surface area contributed by atoms with Crippen LogP contribution in [0.25, 0.3) is 11.1 Å². The molecule has 2 N–H and O–H groups in total. The lowest BCUT2D eigenvalue weighted by atomic mass is 10.0. The molecule has 0 heterocycles. The molecule has 0 unspecified atom stereocenters. The molecule has 0 aliphatic carbocycles. The number of ether oxygens (including phenoxy) is 1. The van der Waals surface area contributed by atoms with Gasteiger partial charge in [0.25, 0.3) is 0 Å². The van der Waals surface area contributed by atoms with Crippen molar-refractivity contribution >= 4 is 5.69 Å². The monoisotopic (exact) mass is 267 g/mol. The summed E-state index contributed by atoms with van der Waals surface area (Å²) in [5.74, 6) is -0.193. The van der Waals surface area contributed by atoms with E-state index in [0.717, 1.165) is 11.6 Å². The minimum atomic E-state index is -4.43. The topological polar surface area (TPSA) is 35.2 Å². The van der Waals surface area contributed by atoms with Gasteiger partial charge >= 0.3 is 6.18 Å². The third kappa shape index (κ3) is 2.81. The summed E-state index contributed by atoms with van der Waals surface area (Å²) in [4.78, 5) is 0. The molecule has 0 saturated carbocycles. The van der Waals surface area contributed by atoms with E-state index in [-0.39, 0.29) is 5.75 Å². The van der Waals surface area contributed by atoms with Gasteiger partial charge in [0.2, 0.25) is 0 Å². The standard InChI is InChI=1S/C14H12F3NO/c1-19-13-8-10(4-7-12(13)14(15,16)17)9-2-5-11(18)6-3-9/h2-8H,18H2,1H3. The zero-order chi connectivity index (χ0) is 14.0. The lowest BCUT2D eigenvalue weighted by Crippen LogP contribution is -2.07. The van der Waals surface area contributed by atoms with Gasteiger partial charge in [0, 0.05) is 5.69 Å². The highest BCUT2D eigenvalue weighted by Crippen LogP contribution is 2.38. The van der Waals surface area contributed by atoms with Crippen molar-refractivity contribution in [3.05, 3.63) is 48.0 Å². The molecule has 0 atom stereocenters. The first kappa shape index (κ1) is 13.3. The Kier molecular flexibility index (Phi) is 3.38. The lowest BCUT2D eigenvalue weighted by Gasteiger charge is -2.13. The van der Waals surface area contributed by atoms with E-state index in [0.29, 0.717) is 11.3 Å². The van der Waals surface area contributed by atoms with Crippen LogP contribution >= 0.6 is 0 Å². The van der Waals surface area contributed by atoms with E-state index in [1.807, 2.05) is 0 Å². The van der Waals surface area contributed by atoms with Crippen molar-refractivity contribution in [2.75, 3.05) is 12.8 Å². The third-order valence-electron chi connectivity index (χ3n) is 2.75. The molecule has 0 spiro atoms. The Morgan fingerprint density at radius 1 is 0.947 bits per heavy atom. The molecule has 0 aliphatic heterocycles. The largest absolute Gasteiger partial charge is 0.496 e. The highest BCUT2D eigenvalue weighted by Gasteiger charge is 2.34. The summed E-state index contributed by atoms with van der Waals surface area (Å²) >= 11 is 0. The van der Waals surface area contributed by atoms with Crippen LogP contribution in [0.3, 0.4) is 0 Å². The Bertz CT molecular complexity index is 576. The minimum Gasteiger partial charge on any atom is -0.496 e. The Morgan fingerprint density at radius 2 is 1.53 bits per heavy atom. The smallest absolute Gasteiger partial charge is 0.419 e. The van der Waals surface area contributed by atoms with Crippen LogP contribution in [0.5, 0.6) is 5.75 Å². The molecule has 100 valence electrons. The fourth-order valence-electron chi connectivity index (χ4n) is 1.78. The van der Waals surface area contributed by atoms with E-state index in [9.17, 15) is 13.2 Å². The molecule has 0 amide bonds. The molecular weight excluding hydrogens is 255 g/mol. The van der Waals surface area contributed by atoms with Gasteiger partial charge in [-0.3, -0.25) is 0 Å². The predicted molar refractivity (Wildman–Crippen MR) is 67.8 cm³/mol. The highest BCUT2D eigenvalue weighted by molar-refractivity contribution is 5.68. The van der Waals surface area contributed by atoms with E-state index in [4.69, 9.17) is 10.5 Å². The molecule has 0 aliphatic rings. The zero-order valence-corrected chi connectivity index (χ0v) is 10.2. The summed E-state index contributed by atoms with van der Waals surface area (Å²) in [5.41, 5.74) is 6.81. The van der Waals surface area contributed by atoms with E-state index in [1.165, 1.54) is 19.2 Å². The third-order valence-corrected chi connectivity index (χ3v) is 2.75. The van der Waals surface area contributed by atoms with E-state index < -0.39 is 11.7 Å². The Hall–Kier alpha value is -2.17. The molecule has 0 bridgehead atoms. The lowest BCUT2D eigenvalue weighted by molar-refractivity contribution is -0.138. The maximum absolute atomic E-state index is 12.7. The molecule has 2 aromatic rings. The molecule has 0 fully saturated rings. The average molecular weight is 267 g/mol. The first-order chi connectivity index (χ1) is 8.91. The van der Waals surface area contributed by atoms with Crippen molar-refractivity contribution in [2.24, 2.45) is 0 Å². The molecule has 19 heavy (non-hydrogen) atoms. The molecule has 0 saturated heterocycles. The summed E-state index contributed by atoms with van der Waals surface area (Å²) in [6, 6.07) is 10.7. The van der Waals surface area contributed by atoms with Gasteiger partial charge in [-0.2, -0.15) is 13.2 Å². The van der Waals surface area contributed by atoms with E-state index in [1.54, 1.807) is 24.3 Å². The van der Waals surface area contributed by atoms with Crippen LogP contribution in [0.4, 0.5) is 18.9 Å². The fraction of sp³-hybridized carbons (Fsp3) is 0.143. The maximum Gasteiger partial charge on any atom is 0.419 e. The van der Waals surface area contributed by atoms with Crippen molar-refractivity contribution in [1.29, 1.82) is 0 Å². The van der Waals surface area contributed by atoms with E-state index in [2.05, 4.69) is 0 Å². The van der Waals surface area contributed by atoms with Crippen LogP contribution in [-0.2, 0) is 6.18 Å². The van der Waals surface area contributed by atoms with Crippen molar-refractivity contribution in [3.63, 3.8) is 0 Å². The number of methoxy groups -OCH3 is 1. The van der Waals surface area contributed by atoms with Gasteiger partial charge in [-0.1, -0.05) is 18.2 Å². The molecular formula is C14H12F3NO. The summed E-state index contributed by atoms with van der Waals surface area (Å²) in [7, 11) is 1.22. The number of halogens is 3. The molecule has 2 aromatic carbocycles. The predicted octanol–water partition coefficient (Wildman–Crippen LogP) is 3.96.